The van der Waals surface area contributed by atoms with Gasteiger partial charge < -0.3 is 10.4 Å². The van der Waals surface area contributed by atoms with Crippen molar-refractivity contribution >= 4 is 16.7 Å². The van der Waals surface area contributed by atoms with E-state index in [-0.39, 0.29) is 12.5 Å². The minimum absolute atomic E-state index is 0.129. The van der Waals surface area contributed by atoms with Crippen LogP contribution in [0.1, 0.15) is 29.8 Å². The van der Waals surface area contributed by atoms with Crippen LogP contribution in [0.3, 0.4) is 0 Å². The number of nitrogens with zero attached hydrogens (tertiary/aromatic N) is 1. The molecule has 1 fully saturated rings. The summed E-state index contributed by atoms with van der Waals surface area (Å²) in [4.78, 5) is 16.6. The van der Waals surface area contributed by atoms with Crippen LogP contribution in [0.25, 0.3) is 10.8 Å². The molecule has 2 aromatic rings. The second kappa shape index (κ2) is 6.22. The van der Waals surface area contributed by atoms with Crippen molar-refractivity contribution in [3.8, 4) is 0 Å². The summed E-state index contributed by atoms with van der Waals surface area (Å²) in [7, 11) is 0. The predicted molar refractivity (Wildman–Crippen MR) is 82.0 cm³/mol. The van der Waals surface area contributed by atoms with E-state index in [1.54, 1.807) is 6.20 Å². The van der Waals surface area contributed by atoms with Gasteiger partial charge in [-0.25, -0.2) is 0 Å². The minimum Gasteiger partial charge on any atom is -0.396 e. The van der Waals surface area contributed by atoms with Crippen LogP contribution < -0.4 is 5.32 Å². The predicted octanol–water partition coefficient (Wildman–Crippen LogP) is 2.37. The molecule has 0 aliphatic heterocycles. The van der Waals surface area contributed by atoms with Gasteiger partial charge in [0.15, 0.2) is 0 Å². The van der Waals surface area contributed by atoms with Crippen molar-refractivity contribution in [1.29, 1.82) is 0 Å². The first-order valence-electron chi connectivity index (χ1n) is 7.52. The van der Waals surface area contributed by atoms with Gasteiger partial charge in [0.2, 0.25) is 0 Å². The van der Waals surface area contributed by atoms with Crippen LogP contribution >= 0.6 is 0 Å². The number of nitrogens with one attached hydrogen (secondary N) is 1. The number of benzene rings is 1. The maximum Gasteiger partial charge on any atom is 0.270 e. The van der Waals surface area contributed by atoms with Crippen molar-refractivity contribution in [3.05, 3.63) is 42.2 Å². The lowest BCUT2D eigenvalue weighted by Crippen LogP contribution is -2.32. The zero-order valence-corrected chi connectivity index (χ0v) is 12.0. The highest BCUT2D eigenvalue weighted by molar-refractivity contribution is 6.05. The SMILES string of the molecule is O=C(NCC1CCCC1CO)c1nccc2ccccc12. The third-order valence-electron chi connectivity index (χ3n) is 4.46. The number of hydrogen-bond donors (Lipinski definition) is 2. The van der Waals surface area contributed by atoms with E-state index in [4.69, 9.17) is 0 Å². The Bertz CT molecular complexity index is 636. The van der Waals surface area contributed by atoms with Gasteiger partial charge in [-0.3, -0.25) is 9.78 Å². The highest BCUT2D eigenvalue weighted by Crippen LogP contribution is 2.30. The second-order valence-electron chi connectivity index (χ2n) is 5.72. The molecule has 3 rings (SSSR count). The highest BCUT2D eigenvalue weighted by atomic mass is 16.3. The van der Waals surface area contributed by atoms with E-state index in [0.717, 1.165) is 30.0 Å². The maximum absolute atomic E-state index is 12.4. The number of pyridine rings is 1. The van der Waals surface area contributed by atoms with Crippen LogP contribution in [-0.2, 0) is 0 Å². The number of rotatable bonds is 4. The summed E-state index contributed by atoms with van der Waals surface area (Å²) >= 11 is 0. The Balaban J connectivity index is 1.72. The quantitative estimate of drug-likeness (QED) is 0.906. The van der Waals surface area contributed by atoms with Crippen molar-refractivity contribution in [2.45, 2.75) is 19.3 Å². The minimum atomic E-state index is -0.129. The van der Waals surface area contributed by atoms with Crippen molar-refractivity contribution in [1.82, 2.24) is 10.3 Å². The Kier molecular flexibility index (Phi) is 4.15. The van der Waals surface area contributed by atoms with Crippen LogP contribution in [0.15, 0.2) is 36.5 Å². The summed E-state index contributed by atoms with van der Waals surface area (Å²) in [6, 6.07) is 9.68. The zero-order valence-electron chi connectivity index (χ0n) is 12.0. The Morgan fingerprint density at radius 2 is 2.05 bits per heavy atom. The topological polar surface area (TPSA) is 62.2 Å². The molecule has 1 aromatic carbocycles. The van der Waals surface area contributed by atoms with Crippen LogP contribution in [0.2, 0.25) is 0 Å². The standard InChI is InChI=1S/C17H20N2O2/c20-11-14-6-3-5-13(14)10-19-17(21)16-15-7-2-1-4-12(15)8-9-18-16/h1-2,4,7-9,13-14,20H,3,5-6,10-11H2,(H,19,21). The lowest BCUT2D eigenvalue weighted by atomic mass is 9.97. The van der Waals surface area contributed by atoms with Gasteiger partial charge in [-0.05, 0) is 36.1 Å². The first-order chi connectivity index (χ1) is 10.3. The monoisotopic (exact) mass is 284 g/mol. The lowest BCUT2D eigenvalue weighted by molar-refractivity contribution is 0.0934. The molecule has 2 unspecified atom stereocenters. The molecule has 1 amide bonds. The van der Waals surface area contributed by atoms with Gasteiger partial charge >= 0.3 is 0 Å². The van der Waals surface area contributed by atoms with E-state index < -0.39 is 0 Å². The third kappa shape index (κ3) is 2.90. The molecule has 4 nitrogen and oxygen atoms in total. The molecule has 0 spiro atoms. The Morgan fingerprint density at radius 1 is 1.24 bits per heavy atom. The molecule has 1 saturated carbocycles. The molecule has 1 heterocycles. The molecule has 0 saturated heterocycles. The van der Waals surface area contributed by atoms with E-state index >= 15 is 0 Å². The van der Waals surface area contributed by atoms with Crippen molar-refractivity contribution < 1.29 is 9.90 Å². The molecule has 110 valence electrons. The number of aliphatic hydroxyl groups is 1. The number of aliphatic hydroxyl groups excluding tert-OH is 1. The van der Waals surface area contributed by atoms with Crippen LogP contribution in [0, 0.1) is 11.8 Å². The molecular weight excluding hydrogens is 264 g/mol. The first-order valence-corrected chi connectivity index (χ1v) is 7.52. The Labute approximate surface area is 124 Å². The van der Waals surface area contributed by atoms with Gasteiger partial charge in [0.05, 0.1) is 0 Å². The molecular formula is C17H20N2O2. The lowest BCUT2D eigenvalue weighted by Gasteiger charge is -2.17. The van der Waals surface area contributed by atoms with Gasteiger partial charge in [0.25, 0.3) is 5.91 Å². The van der Waals surface area contributed by atoms with Crippen LogP contribution in [-0.4, -0.2) is 29.1 Å². The largest absolute Gasteiger partial charge is 0.396 e. The van der Waals surface area contributed by atoms with E-state index in [2.05, 4.69) is 10.3 Å². The smallest absolute Gasteiger partial charge is 0.270 e. The number of carbonyl (C=O) groups excluding carboxylic acids is 1. The maximum atomic E-state index is 12.4. The molecule has 2 N–H and O–H groups in total. The normalized spacial score (nSPS) is 21.6. The number of hydrogen-bond acceptors (Lipinski definition) is 3. The molecule has 0 bridgehead atoms. The van der Waals surface area contributed by atoms with Gasteiger partial charge in [0.1, 0.15) is 5.69 Å². The van der Waals surface area contributed by atoms with Crippen LogP contribution in [0.4, 0.5) is 0 Å². The molecule has 1 aliphatic carbocycles. The van der Waals surface area contributed by atoms with Gasteiger partial charge in [-0.15, -0.1) is 0 Å². The van der Waals surface area contributed by atoms with Crippen molar-refractivity contribution in [3.63, 3.8) is 0 Å². The number of fused-ring (bicyclic) bond motifs is 1. The molecule has 1 aromatic heterocycles. The molecule has 2 atom stereocenters. The summed E-state index contributed by atoms with van der Waals surface area (Å²) in [5.74, 6) is 0.579. The van der Waals surface area contributed by atoms with Crippen molar-refractivity contribution in [2.75, 3.05) is 13.2 Å². The number of aromatic nitrogens is 1. The summed E-state index contributed by atoms with van der Waals surface area (Å²) in [5.41, 5.74) is 0.478. The average Bonchev–Trinajstić information content (AvgIpc) is 2.99. The van der Waals surface area contributed by atoms with E-state index in [1.165, 1.54) is 0 Å². The fraction of sp³-hybridized carbons (Fsp3) is 0.412. The summed E-state index contributed by atoms with van der Waals surface area (Å²) in [5, 5.41) is 14.2. The fourth-order valence-electron chi connectivity index (χ4n) is 3.23. The highest BCUT2D eigenvalue weighted by Gasteiger charge is 2.27. The van der Waals surface area contributed by atoms with Gasteiger partial charge in [-0.2, -0.15) is 0 Å². The van der Waals surface area contributed by atoms with E-state index in [9.17, 15) is 9.90 Å². The Hall–Kier alpha value is -1.94. The first kappa shape index (κ1) is 14.0. The van der Waals surface area contributed by atoms with Gasteiger partial charge in [-0.1, -0.05) is 30.7 Å². The second-order valence-corrected chi connectivity index (χ2v) is 5.72. The van der Waals surface area contributed by atoms with E-state index in [1.807, 2.05) is 30.3 Å². The summed E-state index contributed by atoms with van der Waals surface area (Å²) in [6.07, 6.45) is 4.94. The van der Waals surface area contributed by atoms with E-state index in [0.29, 0.717) is 24.1 Å². The molecule has 1 aliphatic rings. The Morgan fingerprint density at radius 3 is 2.90 bits per heavy atom. The zero-order chi connectivity index (χ0) is 14.7. The average molecular weight is 284 g/mol. The van der Waals surface area contributed by atoms with Gasteiger partial charge in [0, 0.05) is 24.7 Å². The molecule has 0 radical (unpaired) electrons. The van der Waals surface area contributed by atoms with Crippen molar-refractivity contribution in [2.24, 2.45) is 11.8 Å². The third-order valence-corrected chi connectivity index (χ3v) is 4.46. The number of carbonyl (C=O) groups is 1. The fourth-order valence-corrected chi connectivity index (χ4v) is 3.23. The summed E-state index contributed by atoms with van der Waals surface area (Å²) < 4.78 is 0. The van der Waals surface area contributed by atoms with Crippen LogP contribution in [0.5, 0.6) is 0 Å². The number of amides is 1. The summed E-state index contributed by atoms with van der Waals surface area (Å²) in [6.45, 7) is 0.835. The molecule has 21 heavy (non-hydrogen) atoms. The molecule has 4 heteroatoms.